The van der Waals surface area contributed by atoms with Gasteiger partial charge in [-0.05, 0) is 119 Å². The average molecular weight is 956 g/mol. The summed E-state index contributed by atoms with van der Waals surface area (Å²) in [5, 5.41) is 13.9. The van der Waals surface area contributed by atoms with E-state index in [-0.39, 0.29) is 0 Å². The molecule has 0 atom stereocenters. The van der Waals surface area contributed by atoms with Gasteiger partial charge in [0.05, 0.1) is 49.9 Å². The van der Waals surface area contributed by atoms with Crippen molar-refractivity contribution >= 4 is 120 Å². The second-order valence-electron chi connectivity index (χ2n) is 20.0. The molecule has 75 heavy (non-hydrogen) atoms. The van der Waals surface area contributed by atoms with Crippen molar-refractivity contribution in [2.24, 2.45) is 0 Å². The molecule has 12 aromatic carbocycles. The number of rotatable bonds is 5. The second kappa shape index (κ2) is 15.2. The van der Waals surface area contributed by atoms with Crippen LogP contribution in [-0.4, -0.2) is 13.7 Å². The van der Waals surface area contributed by atoms with Gasteiger partial charge < -0.3 is 22.5 Å². The lowest BCUT2D eigenvalue weighted by atomic mass is 9.96. The molecule has 5 nitrogen and oxygen atoms in total. The molecule has 0 radical (unpaired) electrons. The first kappa shape index (κ1) is 40.5. The van der Waals surface area contributed by atoms with Crippen LogP contribution in [0.3, 0.4) is 0 Å². The Morgan fingerprint density at radius 1 is 0.240 bits per heavy atom. The lowest BCUT2D eigenvalue weighted by Crippen LogP contribution is -1.97. The summed E-state index contributed by atoms with van der Waals surface area (Å²) in [5.74, 6) is 0. The largest absolute Gasteiger partial charge is 0.455 e. The lowest BCUT2D eigenvalue weighted by molar-refractivity contribution is 0.666. The molecule has 17 aromatic rings. The van der Waals surface area contributed by atoms with Crippen molar-refractivity contribution in [3.8, 4) is 39.3 Å². The van der Waals surface area contributed by atoms with E-state index in [1.165, 1.54) is 43.4 Å². The molecule has 0 aliphatic heterocycles. The van der Waals surface area contributed by atoms with Crippen LogP contribution >= 0.6 is 0 Å². The number of hydrogen-bond donors (Lipinski definition) is 0. The van der Waals surface area contributed by atoms with E-state index in [0.29, 0.717) is 0 Å². The van der Waals surface area contributed by atoms with Gasteiger partial charge in [0.2, 0.25) is 0 Å². The summed E-state index contributed by atoms with van der Waals surface area (Å²) in [7, 11) is 0. The van der Waals surface area contributed by atoms with Gasteiger partial charge in [0.15, 0.2) is 5.58 Å². The van der Waals surface area contributed by atoms with Crippen LogP contribution in [0.1, 0.15) is 0 Å². The summed E-state index contributed by atoms with van der Waals surface area (Å²) in [4.78, 5) is 0. The van der Waals surface area contributed by atoms with Crippen molar-refractivity contribution < 1.29 is 8.83 Å². The minimum Gasteiger partial charge on any atom is -0.455 e. The number of fused-ring (bicyclic) bond motifs is 17. The van der Waals surface area contributed by atoms with E-state index in [9.17, 15) is 0 Å². The Morgan fingerprint density at radius 3 is 1.29 bits per heavy atom. The van der Waals surface area contributed by atoms with Gasteiger partial charge in [-0.25, -0.2) is 0 Å². The van der Waals surface area contributed by atoms with E-state index in [4.69, 9.17) is 8.83 Å². The Labute approximate surface area is 428 Å². The highest BCUT2D eigenvalue weighted by Crippen LogP contribution is 2.45. The summed E-state index contributed by atoms with van der Waals surface area (Å²) in [6.07, 6.45) is 0. The molecule has 0 unspecified atom stereocenters. The quantitative estimate of drug-likeness (QED) is 0.172. The number of aromatic nitrogens is 3. The molecule has 17 rings (SSSR count). The van der Waals surface area contributed by atoms with Crippen LogP contribution in [-0.2, 0) is 0 Å². The van der Waals surface area contributed by atoms with Crippen molar-refractivity contribution in [3.05, 3.63) is 249 Å². The van der Waals surface area contributed by atoms with Crippen LogP contribution in [0, 0.1) is 0 Å². The molecule has 0 aliphatic carbocycles. The van der Waals surface area contributed by atoms with Gasteiger partial charge in [0.25, 0.3) is 0 Å². The fourth-order valence-electron chi connectivity index (χ4n) is 12.7. The minimum atomic E-state index is 0.884. The number of nitrogens with zero attached hydrogens (tertiary/aromatic N) is 3. The average Bonchev–Trinajstić information content (AvgIpc) is 4.34. The van der Waals surface area contributed by atoms with Gasteiger partial charge in [-0.2, -0.15) is 0 Å². The second-order valence-corrected chi connectivity index (χ2v) is 20.0. The van der Waals surface area contributed by atoms with Crippen LogP contribution in [0.25, 0.3) is 159 Å². The van der Waals surface area contributed by atoms with Crippen LogP contribution in [0.5, 0.6) is 0 Å². The smallest absolute Gasteiger partial charge is 0.159 e. The topological polar surface area (TPSA) is 41.1 Å². The third-order valence-corrected chi connectivity index (χ3v) is 16.0. The molecular formula is C70H41N3O2. The number of benzene rings is 12. The first-order valence-electron chi connectivity index (χ1n) is 25.6. The number of para-hydroxylation sites is 7. The molecule has 0 spiro atoms. The summed E-state index contributed by atoms with van der Waals surface area (Å²) >= 11 is 0. The van der Waals surface area contributed by atoms with Gasteiger partial charge in [0, 0.05) is 59.5 Å². The SMILES string of the molecule is c1ccc2c(c1)cc(-n1c3ccccc3c3cc(-c4cc(-c5ccc6c(c5)c5ccccc5n6-c5cccc6c5oc5ccccc56)cc(-n5c6ccccc6c6ccccc65)c4)ccc31)c1c3ccccc3oc21. The molecule has 0 fully saturated rings. The molecule has 0 saturated carbocycles. The van der Waals surface area contributed by atoms with Gasteiger partial charge in [0.1, 0.15) is 16.7 Å². The molecule has 348 valence electrons. The van der Waals surface area contributed by atoms with E-state index in [0.717, 1.165) is 116 Å². The predicted octanol–water partition coefficient (Wildman–Crippen LogP) is 19.3. The number of hydrogen-bond acceptors (Lipinski definition) is 2. The Balaban J connectivity index is 0.905. The van der Waals surface area contributed by atoms with E-state index in [1.807, 2.05) is 6.07 Å². The van der Waals surface area contributed by atoms with Crippen LogP contribution in [0.4, 0.5) is 0 Å². The van der Waals surface area contributed by atoms with E-state index >= 15 is 0 Å². The van der Waals surface area contributed by atoms with Gasteiger partial charge in [-0.15, -0.1) is 0 Å². The van der Waals surface area contributed by atoms with Crippen LogP contribution in [0.15, 0.2) is 258 Å². The summed E-state index contributed by atoms with van der Waals surface area (Å²) < 4.78 is 20.6. The first-order valence-corrected chi connectivity index (χ1v) is 25.6. The highest BCUT2D eigenvalue weighted by atomic mass is 16.3. The predicted molar refractivity (Wildman–Crippen MR) is 312 cm³/mol. The summed E-state index contributed by atoms with van der Waals surface area (Å²) in [6, 6.07) is 90.5. The van der Waals surface area contributed by atoms with Crippen molar-refractivity contribution in [2.75, 3.05) is 0 Å². The molecule has 0 bridgehead atoms. The molecule has 5 aromatic heterocycles. The zero-order valence-electron chi connectivity index (χ0n) is 40.3. The highest BCUT2D eigenvalue weighted by Gasteiger charge is 2.23. The third-order valence-electron chi connectivity index (χ3n) is 16.0. The van der Waals surface area contributed by atoms with Crippen molar-refractivity contribution in [2.45, 2.75) is 0 Å². The summed E-state index contributed by atoms with van der Waals surface area (Å²) in [5.41, 5.74) is 18.3. The Bertz CT molecular complexity index is 5210. The van der Waals surface area contributed by atoms with Crippen molar-refractivity contribution in [1.29, 1.82) is 0 Å². The Kier molecular flexibility index (Phi) is 8.21. The fourth-order valence-corrected chi connectivity index (χ4v) is 12.7. The molecule has 5 heteroatoms. The van der Waals surface area contributed by atoms with Gasteiger partial charge in [-0.3, -0.25) is 0 Å². The van der Waals surface area contributed by atoms with E-state index in [2.05, 4.69) is 256 Å². The zero-order chi connectivity index (χ0) is 48.9. The fraction of sp³-hybridized carbons (Fsp3) is 0. The minimum absolute atomic E-state index is 0.884. The molecule has 0 amide bonds. The third kappa shape index (κ3) is 5.72. The number of furan rings is 2. The van der Waals surface area contributed by atoms with Crippen LogP contribution in [0.2, 0.25) is 0 Å². The normalized spacial score (nSPS) is 12.3. The maximum Gasteiger partial charge on any atom is 0.159 e. The highest BCUT2D eigenvalue weighted by molar-refractivity contribution is 6.21. The van der Waals surface area contributed by atoms with Crippen molar-refractivity contribution in [1.82, 2.24) is 13.7 Å². The van der Waals surface area contributed by atoms with E-state index < -0.39 is 0 Å². The molecule has 0 saturated heterocycles. The molecular weight excluding hydrogens is 915 g/mol. The Morgan fingerprint density at radius 2 is 0.680 bits per heavy atom. The van der Waals surface area contributed by atoms with E-state index in [1.54, 1.807) is 0 Å². The van der Waals surface area contributed by atoms with Gasteiger partial charge in [-0.1, -0.05) is 158 Å². The first-order chi connectivity index (χ1) is 37.2. The maximum absolute atomic E-state index is 6.72. The molecule has 0 N–H and O–H groups in total. The van der Waals surface area contributed by atoms with Gasteiger partial charge >= 0.3 is 0 Å². The standard InChI is InChI=1S/C70H41N3O2/c1-2-17-48-44(16-1)41-65(68-55-23-8-14-31-67(55)75-70(48)68)73-61-28-12-6-21-52(61)57-40-43(33-35-63(57)73)46-36-45(37-47(38-46)71-58-25-9-3-18-49(58)50-19-4-10-26-59(50)71)42-32-34-62-56(39-42)51-20-5-11-27-60(51)72(62)64-29-15-24-54-53-22-7-13-30-66(53)74-69(54)64/h1-41H. The maximum atomic E-state index is 6.72. The summed E-state index contributed by atoms with van der Waals surface area (Å²) in [6.45, 7) is 0. The van der Waals surface area contributed by atoms with Crippen molar-refractivity contribution in [3.63, 3.8) is 0 Å². The molecule has 5 heterocycles. The van der Waals surface area contributed by atoms with Crippen LogP contribution < -0.4 is 0 Å². The monoisotopic (exact) mass is 955 g/mol. The lowest BCUT2D eigenvalue weighted by Gasteiger charge is -2.15. The zero-order valence-corrected chi connectivity index (χ0v) is 40.3. The molecule has 0 aliphatic rings. The Hall–Kier alpha value is -10.1.